The van der Waals surface area contributed by atoms with E-state index < -0.39 is 11.7 Å². The molecule has 3 rings (SSSR count). The summed E-state index contributed by atoms with van der Waals surface area (Å²) in [7, 11) is 0. The average molecular weight is 369 g/mol. The van der Waals surface area contributed by atoms with Crippen LogP contribution in [0.4, 0.5) is 4.39 Å². The van der Waals surface area contributed by atoms with E-state index in [0.717, 1.165) is 0 Å². The quantitative estimate of drug-likeness (QED) is 0.851. The first-order chi connectivity index (χ1) is 10.0. The van der Waals surface area contributed by atoms with Crippen molar-refractivity contribution in [2.45, 2.75) is 18.1 Å². The topological polar surface area (TPSA) is 29.1 Å². The van der Waals surface area contributed by atoms with Crippen LogP contribution in [0.2, 0.25) is 5.02 Å². The SMILES string of the molecule is O=C(N[C@@H]1C[C@]1(F)c1ccc(Cl)cc1)c1ccccc1Br. The summed E-state index contributed by atoms with van der Waals surface area (Å²) < 4.78 is 15.4. The highest BCUT2D eigenvalue weighted by Gasteiger charge is 2.57. The molecular formula is C16H12BrClFNO. The van der Waals surface area contributed by atoms with E-state index in [2.05, 4.69) is 21.2 Å². The second kappa shape index (κ2) is 5.43. The Kier molecular flexibility index (Phi) is 3.76. The smallest absolute Gasteiger partial charge is 0.252 e. The molecule has 5 heteroatoms. The van der Waals surface area contributed by atoms with Gasteiger partial charge in [0.05, 0.1) is 11.6 Å². The molecule has 2 nitrogen and oxygen atoms in total. The Hall–Kier alpha value is -1.39. The first-order valence-corrected chi connectivity index (χ1v) is 7.68. The van der Waals surface area contributed by atoms with Gasteiger partial charge in [0.15, 0.2) is 5.67 Å². The molecule has 108 valence electrons. The molecule has 0 radical (unpaired) electrons. The molecule has 2 aromatic rings. The first kappa shape index (κ1) is 14.5. The summed E-state index contributed by atoms with van der Waals surface area (Å²) in [5, 5.41) is 3.30. The number of hydrogen-bond acceptors (Lipinski definition) is 1. The van der Waals surface area contributed by atoms with Crippen LogP contribution in [-0.4, -0.2) is 11.9 Å². The monoisotopic (exact) mass is 367 g/mol. The molecule has 1 saturated carbocycles. The van der Waals surface area contributed by atoms with Crippen LogP contribution in [-0.2, 0) is 5.67 Å². The molecule has 0 saturated heterocycles. The molecule has 1 N–H and O–H groups in total. The third-order valence-electron chi connectivity index (χ3n) is 3.64. The van der Waals surface area contributed by atoms with Gasteiger partial charge in [-0.15, -0.1) is 0 Å². The van der Waals surface area contributed by atoms with Gasteiger partial charge >= 0.3 is 0 Å². The lowest BCUT2D eigenvalue weighted by Crippen LogP contribution is -2.30. The maximum absolute atomic E-state index is 14.7. The maximum Gasteiger partial charge on any atom is 0.252 e. The summed E-state index contributed by atoms with van der Waals surface area (Å²) in [5.74, 6) is -0.277. The van der Waals surface area contributed by atoms with Crippen molar-refractivity contribution in [2.24, 2.45) is 0 Å². The second-order valence-corrected chi connectivity index (χ2v) is 6.37. The molecule has 0 heterocycles. The summed E-state index contributed by atoms with van der Waals surface area (Å²) in [6.45, 7) is 0. The zero-order chi connectivity index (χ0) is 15.0. The van der Waals surface area contributed by atoms with Gasteiger partial charge in [0, 0.05) is 15.9 Å². The molecule has 0 aliphatic heterocycles. The predicted octanol–water partition coefficient (Wildman–Crippen LogP) is 4.47. The third-order valence-corrected chi connectivity index (χ3v) is 4.58. The molecule has 1 amide bonds. The molecule has 0 aromatic heterocycles. The molecule has 21 heavy (non-hydrogen) atoms. The van der Waals surface area contributed by atoms with E-state index in [1.807, 2.05) is 6.07 Å². The van der Waals surface area contributed by atoms with Crippen LogP contribution < -0.4 is 5.32 Å². The molecule has 1 fully saturated rings. The zero-order valence-corrected chi connectivity index (χ0v) is 13.3. The summed E-state index contributed by atoms with van der Waals surface area (Å²) in [6.07, 6.45) is 0.283. The van der Waals surface area contributed by atoms with Gasteiger partial charge in [0.2, 0.25) is 0 Å². The number of amides is 1. The number of benzene rings is 2. The number of nitrogens with one attached hydrogen (secondary N) is 1. The second-order valence-electron chi connectivity index (χ2n) is 5.08. The van der Waals surface area contributed by atoms with Crippen LogP contribution in [0.5, 0.6) is 0 Å². The van der Waals surface area contributed by atoms with Crippen LogP contribution in [0.1, 0.15) is 22.3 Å². The van der Waals surface area contributed by atoms with Gasteiger partial charge in [-0.2, -0.15) is 0 Å². The van der Waals surface area contributed by atoms with E-state index >= 15 is 0 Å². The molecule has 1 aliphatic carbocycles. The fourth-order valence-electron chi connectivity index (χ4n) is 2.33. The molecule has 0 bridgehead atoms. The summed E-state index contributed by atoms with van der Waals surface area (Å²) in [4.78, 5) is 12.2. The Bertz CT molecular complexity index is 691. The third kappa shape index (κ3) is 2.83. The van der Waals surface area contributed by atoms with Gasteiger partial charge in [-0.3, -0.25) is 4.79 Å². The highest BCUT2D eigenvalue weighted by molar-refractivity contribution is 9.10. The largest absolute Gasteiger partial charge is 0.346 e. The Labute approximate surface area is 135 Å². The van der Waals surface area contributed by atoms with Crippen LogP contribution in [0.3, 0.4) is 0 Å². The van der Waals surface area contributed by atoms with E-state index in [4.69, 9.17) is 11.6 Å². The Morgan fingerprint density at radius 2 is 1.90 bits per heavy atom. The van der Waals surface area contributed by atoms with E-state index in [1.165, 1.54) is 0 Å². The fourth-order valence-corrected chi connectivity index (χ4v) is 2.92. The van der Waals surface area contributed by atoms with Crippen molar-refractivity contribution in [3.05, 3.63) is 69.2 Å². The van der Waals surface area contributed by atoms with Gasteiger partial charge < -0.3 is 5.32 Å². The standard InChI is InChI=1S/C16H12BrClFNO/c17-13-4-2-1-3-12(13)15(21)20-14-9-16(14,19)10-5-7-11(18)8-6-10/h1-8,14H,9H2,(H,20,21)/t14-,16+/m1/s1. The number of alkyl halides is 1. The van der Waals surface area contributed by atoms with E-state index in [0.29, 0.717) is 20.6 Å². The lowest BCUT2D eigenvalue weighted by Gasteiger charge is -2.10. The van der Waals surface area contributed by atoms with Gasteiger partial charge in [-0.25, -0.2) is 4.39 Å². The molecule has 2 aromatic carbocycles. The molecule has 0 unspecified atom stereocenters. The Balaban J connectivity index is 1.72. The van der Waals surface area contributed by atoms with Crippen LogP contribution in [0.25, 0.3) is 0 Å². The van der Waals surface area contributed by atoms with Crippen molar-refractivity contribution in [1.82, 2.24) is 5.32 Å². The van der Waals surface area contributed by atoms with Crippen molar-refractivity contribution in [2.75, 3.05) is 0 Å². The van der Waals surface area contributed by atoms with Gasteiger partial charge in [-0.05, 0) is 45.8 Å². The van der Waals surface area contributed by atoms with E-state index in [-0.39, 0.29) is 12.3 Å². The van der Waals surface area contributed by atoms with Gasteiger partial charge in [0.1, 0.15) is 0 Å². The summed E-state index contributed by atoms with van der Waals surface area (Å²) in [5.41, 5.74) is -0.450. The number of rotatable bonds is 3. The number of halogens is 3. The minimum Gasteiger partial charge on any atom is -0.346 e. The zero-order valence-electron chi connectivity index (χ0n) is 10.9. The molecule has 0 spiro atoms. The highest BCUT2D eigenvalue weighted by atomic mass is 79.9. The Morgan fingerprint density at radius 3 is 2.57 bits per heavy atom. The van der Waals surface area contributed by atoms with Gasteiger partial charge in [-0.1, -0.05) is 35.9 Å². The van der Waals surface area contributed by atoms with Crippen LogP contribution in [0, 0.1) is 0 Å². The minimum absolute atomic E-state index is 0.277. The summed E-state index contributed by atoms with van der Waals surface area (Å²) >= 11 is 9.12. The molecule has 2 atom stereocenters. The number of carbonyl (C=O) groups is 1. The lowest BCUT2D eigenvalue weighted by molar-refractivity contribution is 0.0939. The molecule has 1 aliphatic rings. The number of carbonyl (C=O) groups excluding carboxylic acids is 1. The normalized spacial score (nSPS) is 23.7. The van der Waals surface area contributed by atoms with Crippen LogP contribution in [0.15, 0.2) is 53.0 Å². The van der Waals surface area contributed by atoms with Crippen molar-refractivity contribution >= 4 is 33.4 Å². The Morgan fingerprint density at radius 1 is 1.24 bits per heavy atom. The lowest BCUT2D eigenvalue weighted by atomic mass is 10.1. The molecular weight excluding hydrogens is 357 g/mol. The maximum atomic E-state index is 14.7. The van der Waals surface area contributed by atoms with Crippen molar-refractivity contribution in [1.29, 1.82) is 0 Å². The van der Waals surface area contributed by atoms with E-state index in [1.54, 1.807) is 42.5 Å². The summed E-state index contributed by atoms with van der Waals surface area (Å²) in [6, 6.07) is 13.2. The first-order valence-electron chi connectivity index (χ1n) is 6.51. The van der Waals surface area contributed by atoms with Crippen molar-refractivity contribution < 1.29 is 9.18 Å². The minimum atomic E-state index is -1.50. The number of hydrogen-bond donors (Lipinski definition) is 1. The predicted molar refractivity (Wildman–Crippen MR) is 84.3 cm³/mol. The van der Waals surface area contributed by atoms with E-state index in [9.17, 15) is 9.18 Å². The van der Waals surface area contributed by atoms with Crippen molar-refractivity contribution in [3.8, 4) is 0 Å². The fraction of sp³-hybridized carbons (Fsp3) is 0.188. The van der Waals surface area contributed by atoms with Gasteiger partial charge in [0.25, 0.3) is 5.91 Å². The van der Waals surface area contributed by atoms with Crippen LogP contribution >= 0.6 is 27.5 Å². The highest BCUT2D eigenvalue weighted by Crippen LogP contribution is 2.50. The van der Waals surface area contributed by atoms with Crippen molar-refractivity contribution in [3.63, 3.8) is 0 Å². The average Bonchev–Trinajstić information content (AvgIpc) is 3.11.